The van der Waals surface area contributed by atoms with Gasteiger partial charge in [-0.25, -0.2) is 12.7 Å². The predicted molar refractivity (Wildman–Crippen MR) is 95.6 cm³/mol. The van der Waals surface area contributed by atoms with Crippen LogP contribution in [-0.2, 0) is 10.0 Å². The molecule has 1 aliphatic heterocycles. The first-order chi connectivity index (χ1) is 11.0. The zero-order valence-corrected chi connectivity index (χ0v) is 16.3. The lowest BCUT2D eigenvalue weighted by Crippen LogP contribution is -2.42. The van der Waals surface area contributed by atoms with E-state index in [1.807, 2.05) is 11.8 Å². The van der Waals surface area contributed by atoms with Gasteiger partial charge in [-0.2, -0.15) is 0 Å². The van der Waals surface area contributed by atoms with E-state index in [-0.39, 0.29) is 10.8 Å². The van der Waals surface area contributed by atoms with Gasteiger partial charge in [-0.15, -0.1) is 0 Å². The van der Waals surface area contributed by atoms with Crippen molar-refractivity contribution in [3.8, 4) is 0 Å². The van der Waals surface area contributed by atoms with Crippen molar-refractivity contribution in [2.75, 3.05) is 27.2 Å². The lowest BCUT2D eigenvalue weighted by atomic mass is 9.91. The number of piperidine rings is 1. The molecule has 5 nitrogen and oxygen atoms in total. The predicted octanol–water partition coefficient (Wildman–Crippen LogP) is 2.67. The molecule has 0 bridgehead atoms. The van der Waals surface area contributed by atoms with Crippen LogP contribution in [0, 0.1) is 25.7 Å². The quantitative estimate of drug-likeness (QED) is 0.840. The Balaban J connectivity index is 2.45. The summed E-state index contributed by atoms with van der Waals surface area (Å²) in [4.78, 5) is 15.0. The number of carbonyl (C=O) groups is 1. The molecule has 1 fully saturated rings. The lowest BCUT2D eigenvalue weighted by molar-refractivity contribution is 0.0623. The van der Waals surface area contributed by atoms with Crippen LogP contribution in [0.15, 0.2) is 17.0 Å². The number of likely N-dealkylation sites (tertiary alicyclic amines) is 1. The maximum Gasteiger partial charge on any atom is 0.253 e. The molecular formula is C18H28N2O3S. The third-order valence-electron chi connectivity index (χ3n) is 4.78. The van der Waals surface area contributed by atoms with Gasteiger partial charge in [0.15, 0.2) is 0 Å². The second-order valence-electron chi connectivity index (χ2n) is 7.36. The van der Waals surface area contributed by atoms with Gasteiger partial charge in [0.05, 0.1) is 4.90 Å². The summed E-state index contributed by atoms with van der Waals surface area (Å²) in [6.07, 6.45) is 1.12. The molecule has 1 heterocycles. The number of aryl methyl sites for hydroxylation is 1. The van der Waals surface area contributed by atoms with E-state index in [9.17, 15) is 13.2 Å². The zero-order valence-electron chi connectivity index (χ0n) is 15.5. The van der Waals surface area contributed by atoms with Gasteiger partial charge in [0.1, 0.15) is 0 Å². The van der Waals surface area contributed by atoms with Crippen LogP contribution in [-0.4, -0.2) is 50.7 Å². The lowest BCUT2D eigenvalue weighted by Gasteiger charge is -2.35. The summed E-state index contributed by atoms with van der Waals surface area (Å²) in [6, 6.07) is 3.33. The normalized spacial score (nSPS) is 22.0. The number of rotatable bonds is 3. The largest absolute Gasteiger partial charge is 0.338 e. The molecule has 0 radical (unpaired) electrons. The molecule has 0 unspecified atom stereocenters. The number of hydrogen-bond donors (Lipinski definition) is 0. The van der Waals surface area contributed by atoms with Gasteiger partial charge in [-0.1, -0.05) is 13.8 Å². The summed E-state index contributed by atoms with van der Waals surface area (Å²) in [5.41, 5.74) is 1.97. The smallest absolute Gasteiger partial charge is 0.253 e. The summed E-state index contributed by atoms with van der Waals surface area (Å²) >= 11 is 0. The first-order valence-electron chi connectivity index (χ1n) is 8.37. The third-order valence-corrected chi connectivity index (χ3v) is 6.72. The second-order valence-corrected chi connectivity index (χ2v) is 9.48. The first-order valence-corrected chi connectivity index (χ1v) is 9.81. The Hall–Kier alpha value is -1.40. The Morgan fingerprint density at radius 1 is 1.12 bits per heavy atom. The number of carbonyl (C=O) groups excluding carboxylic acids is 1. The third kappa shape index (κ3) is 3.64. The Labute approximate surface area is 145 Å². The Morgan fingerprint density at radius 3 is 2.17 bits per heavy atom. The maximum absolute atomic E-state index is 12.9. The molecule has 2 rings (SSSR count). The molecule has 1 amide bonds. The number of amides is 1. The van der Waals surface area contributed by atoms with Crippen molar-refractivity contribution in [2.45, 2.75) is 39.0 Å². The van der Waals surface area contributed by atoms with E-state index < -0.39 is 10.0 Å². The minimum atomic E-state index is -3.58. The average Bonchev–Trinajstić information content (AvgIpc) is 2.47. The van der Waals surface area contributed by atoms with E-state index in [0.29, 0.717) is 23.0 Å². The van der Waals surface area contributed by atoms with Crippen molar-refractivity contribution in [2.24, 2.45) is 11.8 Å². The van der Waals surface area contributed by atoms with Crippen LogP contribution in [0.4, 0.5) is 0 Å². The number of benzene rings is 1. The summed E-state index contributed by atoms with van der Waals surface area (Å²) in [5.74, 6) is 0.857. The summed E-state index contributed by atoms with van der Waals surface area (Å²) in [7, 11) is -0.563. The molecule has 0 aromatic heterocycles. The number of nitrogens with zero attached hydrogens (tertiary/aromatic N) is 2. The average molecular weight is 353 g/mol. The van der Waals surface area contributed by atoms with Gasteiger partial charge in [0, 0.05) is 32.7 Å². The summed E-state index contributed by atoms with van der Waals surface area (Å²) in [6.45, 7) is 9.39. The monoisotopic (exact) mass is 352 g/mol. The van der Waals surface area contributed by atoms with Crippen molar-refractivity contribution >= 4 is 15.9 Å². The summed E-state index contributed by atoms with van der Waals surface area (Å²) < 4.78 is 26.3. The van der Waals surface area contributed by atoms with Crippen LogP contribution in [0.25, 0.3) is 0 Å². The highest BCUT2D eigenvalue weighted by Gasteiger charge is 2.28. The highest BCUT2D eigenvalue weighted by molar-refractivity contribution is 7.89. The standard InChI is InChI=1S/C18H28N2O3S/c1-12-7-13(2)11-20(10-12)18(21)16-8-14(3)15(4)17(9-16)24(22,23)19(5)6/h8-9,12-13H,7,10-11H2,1-6H3/t12-,13+. The molecule has 24 heavy (non-hydrogen) atoms. The summed E-state index contributed by atoms with van der Waals surface area (Å²) in [5, 5.41) is 0. The molecule has 0 spiro atoms. The minimum absolute atomic E-state index is 0.0771. The van der Waals surface area contributed by atoms with Gasteiger partial charge in [0.25, 0.3) is 5.91 Å². The zero-order chi connectivity index (χ0) is 18.2. The maximum atomic E-state index is 12.9. The highest BCUT2D eigenvalue weighted by Crippen LogP contribution is 2.26. The molecule has 1 aliphatic rings. The number of hydrogen-bond acceptors (Lipinski definition) is 3. The van der Waals surface area contributed by atoms with Crippen LogP contribution in [0.3, 0.4) is 0 Å². The van der Waals surface area contributed by atoms with E-state index in [1.54, 1.807) is 13.0 Å². The van der Waals surface area contributed by atoms with E-state index in [1.165, 1.54) is 24.5 Å². The van der Waals surface area contributed by atoms with Gasteiger partial charge < -0.3 is 4.90 Å². The highest BCUT2D eigenvalue weighted by atomic mass is 32.2. The van der Waals surface area contributed by atoms with E-state index >= 15 is 0 Å². The molecule has 1 saturated heterocycles. The van der Waals surface area contributed by atoms with Crippen molar-refractivity contribution in [1.29, 1.82) is 0 Å². The van der Waals surface area contributed by atoms with Crippen LogP contribution < -0.4 is 0 Å². The van der Waals surface area contributed by atoms with Gasteiger partial charge in [0.2, 0.25) is 10.0 Å². The van der Waals surface area contributed by atoms with Gasteiger partial charge in [-0.05, 0) is 55.4 Å². The Bertz CT molecular complexity index is 731. The minimum Gasteiger partial charge on any atom is -0.338 e. The fraction of sp³-hybridized carbons (Fsp3) is 0.611. The van der Waals surface area contributed by atoms with E-state index in [0.717, 1.165) is 25.1 Å². The molecule has 6 heteroatoms. The van der Waals surface area contributed by atoms with E-state index in [4.69, 9.17) is 0 Å². The molecule has 2 atom stereocenters. The van der Waals surface area contributed by atoms with Gasteiger partial charge >= 0.3 is 0 Å². The molecule has 1 aromatic carbocycles. The molecular weight excluding hydrogens is 324 g/mol. The van der Waals surface area contributed by atoms with Crippen LogP contribution in [0.5, 0.6) is 0 Å². The van der Waals surface area contributed by atoms with Crippen LogP contribution in [0.1, 0.15) is 41.8 Å². The molecule has 0 N–H and O–H groups in total. The van der Waals surface area contributed by atoms with E-state index in [2.05, 4.69) is 13.8 Å². The fourth-order valence-corrected chi connectivity index (χ4v) is 4.64. The van der Waals surface area contributed by atoms with Crippen molar-refractivity contribution in [3.63, 3.8) is 0 Å². The van der Waals surface area contributed by atoms with Crippen molar-refractivity contribution in [1.82, 2.24) is 9.21 Å². The molecule has 1 aromatic rings. The van der Waals surface area contributed by atoms with Crippen molar-refractivity contribution < 1.29 is 13.2 Å². The molecule has 0 aliphatic carbocycles. The second kappa shape index (κ2) is 6.84. The van der Waals surface area contributed by atoms with Crippen molar-refractivity contribution in [3.05, 3.63) is 28.8 Å². The SMILES string of the molecule is Cc1cc(C(=O)N2C[C@H](C)C[C@H](C)C2)cc(S(=O)(=O)N(C)C)c1C. The molecule has 134 valence electrons. The molecule has 0 saturated carbocycles. The van der Waals surface area contributed by atoms with Crippen LogP contribution >= 0.6 is 0 Å². The Kier molecular flexibility index (Phi) is 5.40. The van der Waals surface area contributed by atoms with Crippen LogP contribution in [0.2, 0.25) is 0 Å². The van der Waals surface area contributed by atoms with Gasteiger partial charge in [-0.3, -0.25) is 4.79 Å². The topological polar surface area (TPSA) is 57.7 Å². The first kappa shape index (κ1) is 18.9. The Morgan fingerprint density at radius 2 is 1.67 bits per heavy atom. The number of sulfonamides is 1. The fourth-order valence-electron chi connectivity index (χ4n) is 3.43.